The lowest BCUT2D eigenvalue weighted by atomic mass is 10.1. The summed E-state index contributed by atoms with van der Waals surface area (Å²) >= 11 is 6.85. The number of nitrogens with zero attached hydrogens (tertiary/aromatic N) is 1. The van der Waals surface area contributed by atoms with Gasteiger partial charge in [-0.25, -0.2) is 5.43 Å². The Morgan fingerprint density at radius 2 is 1.86 bits per heavy atom. The van der Waals surface area contributed by atoms with Crippen molar-refractivity contribution in [3.05, 3.63) is 105 Å². The molecule has 178 valence electrons. The van der Waals surface area contributed by atoms with Crippen LogP contribution in [0.3, 0.4) is 0 Å². The lowest BCUT2D eigenvalue weighted by molar-refractivity contribution is 0.0929. The predicted molar refractivity (Wildman–Crippen MR) is 144 cm³/mol. The number of hydrogen-bond acceptors (Lipinski definition) is 5. The number of nitrogens with one attached hydrogen (secondary N) is 1. The van der Waals surface area contributed by atoms with Crippen molar-refractivity contribution in [3.8, 4) is 11.5 Å². The third kappa shape index (κ3) is 6.21. The maximum atomic E-state index is 12.5. The molecule has 1 heterocycles. The van der Waals surface area contributed by atoms with Gasteiger partial charge >= 0.3 is 5.91 Å². The molecule has 0 saturated carbocycles. The normalized spacial score (nSPS) is 11.1. The minimum atomic E-state index is -0.443. The summed E-state index contributed by atoms with van der Waals surface area (Å²) < 4.78 is 19.2. The van der Waals surface area contributed by atoms with Crippen molar-refractivity contribution in [1.82, 2.24) is 5.43 Å². The van der Waals surface area contributed by atoms with E-state index in [1.807, 2.05) is 42.5 Å². The number of rotatable bonds is 9. The second kappa shape index (κ2) is 11.4. The standard InChI is InChI=1S/C27H22Br2N2O4/c1-3-4-19-11-18(12-24(33-2)26(19)34-16-17-5-7-21(28)8-6-17)15-30-31-27(32)25-14-20-13-22(29)9-10-23(20)35-25/h3,5-15H,1,4,16H2,2H3,(H,31,32)/b30-15+. The first-order valence-corrected chi connectivity index (χ1v) is 12.3. The van der Waals surface area contributed by atoms with Crippen LogP contribution in [-0.4, -0.2) is 19.2 Å². The van der Waals surface area contributed by atoms with Gasteiger partial charge in [0.1, 0.15) is 12.2 Å². The molecular formula is C27H22Br2N2O4. The molecule has 0 atom stereocenters. The van der Waals surface area contributed by atoms with Crippen molar-refractivity contribution in [2.45, 2.75) is 13.0 Å². The topological polar surface area (TPSA) is 73.1 Å². The van der Waals surface area contributed by atoms with Gasteiger partial charge in [-0.3, -0.25) is 4.79 Å². The van der Waals surface area contributed by atoms with Crippen LogP contribution in [0.25, 0.3) is 11.0 Å². The number of allylic oxidation sites excluding steroid dienone is 1. The van der Waals surface area contributed by atoms with Crippen LogP contribution in [0, 0.1) is 0 Å². The van der Waals surface area contributed by atoms with E-state index >= 15 is 0 Å². The number of benzene rings is 3. The van der Waals surface area contributed by atoms with Gasteiger partial charge in [-0.2, -0.15) is 5.10 Å². The zero-order valence-electron chi connectivity index (χ0n) is 18.9. The Bertz CT molecular complexity index is 1390. The third-order valence-electron chi connectivity index (χ3n) is 5.12. The van der Waals surface area contributed by atoms with Crippen molar-refractivity contribution in [3.63, 3.8) is 0 Å². The van der Waals surface area contributed by atoms with Gasteiger partial charge in [0.05, 0.1) is 13.3 Å². The maximum Gasteiger partial charge on any atom is 0.307 e. The van der Waals surface area contributed by atoms with Crippen molar-refractivity contribution < 1.29 is 18.7 Å². The fraction of sp³-hybridized carbons (Fsp3) is 0.111. The zero-order chi connectivity index (χ0) is 24.8. The van der Waals surface area contributed by atoms with Gasteiger partial charge in [-0.05, 0) is 66.1 Å². The Balaban J connectivity index is 1.50. The Morgan fingerprint density at radius 3 is 2.60 bits per heavy atom. The van der Waals surface area contributed by atoms with Crippen LogP contribution >= 0.6 is 31.9 Å². The van der Waals surface area contributed by atoms with Crippen molar-refractivity contribution in [2.75, 3.05) is 7.11 Å². The Hall–Kier alpha value is -3.36. The highest BCUT2D eigenvalue weighted by Gasteiger charge is 2.14. The van der Waals surface area contributed by atoms with E-state index < -0.39 is 5.91 Å². The molecule has 0 radical (unpaired) electrons. The van der Waals surface area contributed by atoms with Gasteiger partial charge in [0.15, 0.2) is 17.3 Å². The van der Waals surface area contributed by atoms with Gasteiger partial charge in [0.2, 0.25) is 0 Å². The van der Waals surface area contributed by atoms with Crippen molar-refractivity contribution in [2.24, 2.45) is 5.10 Å². The molecule has 0 unspecified atom stereocenters. The Kier molecular flexibility index (Phi) is 8.05. The molecule has 0 fully saturated rings. The van der Waals surface area contributed by atoms with Gasteiger partial charge in [-0.1, -0.05) is 50.1 Å². The maximum absolute atomic E-state index is 12.5. The van der Waals surface area contributed by atoms with Crippen LogP contribution in [0.2, 0.25) is 0 Å². The van der Waals surface area contributed by atoms with Crippen LogP contribution in [0.15, 0.2) is 91.8 Å². The number of halogens is 2. The number of hydrazone groups is 1. The molecular weight excluding hydrogens is 576 g/mol. The smallest absolute Gasteiger partial charge is 0.307 e. The third-order valence-corrected chi connectivity index (χ3v) is 6.14. The molecule has 0 bridgehead atoms. The van der Waals surface area contributed by atoms with E-state index in [0.717, 1.165) is 31.0 Å². The second-order valence-corrected chi connectivity index (χ2v) is 9.44. The van der Waals surface area contributed by atoms with E-state index in [9.17, 15) is 4.79 Å². The molecule has 8 heteroatoms. The highest BCUT2D eigenvalue weighted by molar-refractivity contribution is 9.10. The first-order valence-electron chi connectivity index (χ1n) is 10.7. The fourth-order valence-corrected chi connectivity index (χ4v) is 4.11. The fourth-order valence-electron chi connectivity index (χ4n) is 3.46. The molecule has 4 rings (SSSR count). The first kappa shape index (κ1) is 24.8. The van der Waals surface area contributed by atoms with Crippen LogP contribution in [0.5, 0.6) is 11.5 Å². The van der Waals surface area contributed by atoms with Crippen LogP contribution < -0.4 is 14.9 Å². The number of furan rings is 1. The molecule has 6 nitrogen and oxygen atoms in total. The number of ether oxygens (including phenoxy) is 2. The summed E-state index contributed by atoms with van der Waals surface area (Å²) in [4.78, 5) is 12.5. The summed E-state index contributed by atoms with van der Waals surface area (Å²) in [6, 6.07) is 18.9. The number of hydrogen-bond donors (Lipinski definition) is 1. The number of carbonyl (C=O) groups excluding carboxylic acids is 1. The first-order chi connectivity index (χ1) is 17.0. The molecule has 35 heavy (non-hydrogen) atoms. The van der Waals surface area contributed by atoms with Crippen molar-refractivity contribution in [1.29, 1.82) is 0 Å². The molecule has 0 aliphatic carbocycles. The van der Waals surface area contributed by atoms with E-state index in [-0.39, 0.29) is 5.76 Å². The Morgan fingerprint density at radius 1 is 1.09 bits per heavy atom. The molecule has 1 amide bonds. The largest absolute Gasteiger partial charge is 0.493 e. The molecule has 0 aliphatic heterocycles. The van der Waals surface area contributed by atoms with Gasteiger partial charge in [0.25, 0.3) is 0 Å². The van der Waals surface area contributed by atoms with Crippen LogP contribution in [0.1, 0.15) is 27.2 Å². The molecule has 0 saturated heterocycles. The van der Waals surface area contributed by atoms with Gasteiger partial charge in [-0.15, -0.1) is 6.58 Å². The monoisotopic (exact) mass is 596 g/mol. The molecule has 1 aromatic heterocycles. The number of amides is 1. The summed E-state index contributed by atoms with van der Waals surface area (Å²) in [5.41, 5.74) is 5.80. The van der Waals surface area contributed by atoms with Crippen LogP contribution in [0.4, 0.5) is 0 Å². The van der Waals surface area contributed by atoms with E-state index in [0.29, 0.717) is 30.1 Å². The van der Waals surface area contributed by atoms with Gasteiger partial charge < -0.3 is 13.9 Å². The lowest BCUT2D eigenvalue weighted by Gasteiger charge is -2.16. The average molecular weight is 598 g/mol. The zero-order valence-corrected chi connectivity index (χ0v) is 22.1. The molecule has 0 aliphatic rings. The number of carbonyl (C=O) groups is 1. The Labute approximate surface area is 219 Å². The van der Waals surface area contributed by atoms with Crippen LogP contribution in [-0.2, 0) is 13.0 Å². The molecule has 0 spiro atoms. The SMILES string of the molecule is C=CCc1cc(/C=N/NC(=O)c2cc3cc(Br)ccc3o2)cc(OC)c1OCc1ccc(Br)cc1. The predicted octanol–water partition coefficient (Wildman–Crippen LogP) is 7.04. The summed E-state index contributed by atoms with van der Waals surface area (Å²) in [6.45, 7) is 4.24. The number of fused-ring (bicyclic) bond motifs is 1. The minimum Gasteiger partial charge on any atom is -0.493 e. The van der Waals surface area contributed by atoms with E-state index in [1.165, 1.54) is 0 Å². The number of methoxy groups -OCH3 is 1. The average Bonchev–Trinajstić information content (AvgIpc) is 3.27. The highest BCUT2D eigenvalue weighted by Crippen LogP contribution is 2.34. The summed E-state index contributed by atoms with van der Waals surface area (Å²) in [5, 5.41) is 4.92. The van der Waals surface area contributed by atoms with Crippen molar-refractivity contribution >= 4 is 55.0 Å². The summed E-state index contributed by atoms with van der Waals surface area (Å²) in [5.74, 6) is 0.945. The summed E-state index contributed by atoms with van der Waals surface area (Å²) in [7, 11) is 1.59. The highest BCUT2D eigenvalue weighted by atomic mass is 79.9. The molecule has 3 aromatic carbocycles. The molecule has 1 N–H and O–H groups in total. The minimum absolute atomic E-state index is 0.178. The van der Waals surface area contributed by atoms with E-state index in [1.54, 1.807) is 37.6 Å². The van der Waals surface area contributed by atoms with Gasteiger partial charge in [0, 0.05) is 19.9 Å². The lowest BCUT2D eigenvalue weighted by Crippen LogP contribution is -2.16. The van der Waals surface area contributed by atoms with E-state index in [4.69, 9.17) is 13.9 Å². The molecule has 4 aromatic rings. The van der Waals surface area contributed by atoms with E-state index in [2.05, 4.69) is 49.0 Å². The summed E-state index contributed by atoms with van der Waals surface area (Å²) in [6.07, 6.45) is 3.92. The second-order valence-electron chi connectivity index (χ2n) is 7.61. The quantitative estimate of drug-likeness (QED) is 0.128.